The largest absolute Gasteiger partial charge is 0.382 e. The van der Waals surface area contributed by atoms with E-state index in [4.69, 9.17) is 0 Å². The highest BCUT2D eigenvalue weighted by Gasteiger charge is 2.34. The van der Waals surface area contributed by atoms with E-state index in [1.54, 1.807) is 0 Å². The molecule has 0 aromatic heterocycles. The van der Waals surface area contributed by atoms with Crippen molar-refractivity contribution in [2.75, 3.05) is 5.32 Å². The van der Waals surface area contributed by atoms with Crippen molar-refractivity contribution in [3.05, 3.63) is 27.8 Å². The summed E-state index contributed by atoms with van der Waals surface area (Å²) in [4.78, 5) is 0. The van der Waals surface area contributed by atoms with Gasteiger partial charge in [-0.05, 0) is 78.3 Å². The SMILES string of the molecule is Ic1cccc(NC2CCCC(C3CC3)C2)c1. The van der Waals surface area contributed by atoms with Gasteiger partial charge in [-0.1, -0.05) is 18.9 Å². The van der Waals surface area contributed by atoms with E-state index in [2.05, 4.69) is 52.2 Å². The van der Waals surface area contributed by atoms with Crippen molar-refractivity contribution in [3.8, 4) is 0 Å². The Hall–Kier alpha value is -0.250. The summed E-state index contributed by atoms with van der Waals surface area (Å²) in [7, 11) is 0. The lowest BCUT2D eigenvalue weighted by molar-refractivity contribution is 0.303. The second-order valence-electron chi connectivity index (χ2n) is 5.62. The highest BCUT2D eigenvalue weighted by Crippen LogP contribution is 2.44. The molecule has 17 heavy (non-hydrogen) atoms. The lowest BCUT2D eigenvalue weighted by atomic mass is 9.82. The van der Waals surface area contributed by atoms with Crippen molar-refractivity contribution in [1.82, 2.24) is 0 Å². The molecule has 0 heterocycles. The van der Waals surface area contributed by atoms with Gasteiger partial charge in [0.25, 0.3) is 0 Å². The molecular formula is C15H20IN. The van der Waals surface area contributed by atoms with Gasteiger partial charge in [0.05, 0.1) is 0 Å². The van der Waals surface area contributed by atoms with Gasteiger partial charge in [-0.3, -0.25) is 0 Å². The van der Waals surface area contributed by atoms with Crippen LogP contribution in [0.15, 0.2) is 24.3 Å². The molecule has 2 heteroatoms. The number of rotatable bonds is 3. The van der Waals surface area contributed by atoms with Crippen LogP contribution in [-0.2, 0) is 0 Å². The van der Waals surface area contributed by atoms with Crippen LogP contribution in [0.1, 0.15) is 38.5 Å². The Bertz CT molecular complexity index is 386. The van der Waals surface area contributed by atoms with Gasteiger partial charge >= 0.3 is 0 Å². The Morgan fingerprint density at radius 2 is 1.94 bits per heavy atom. The first-order valence-corrected chi connectivity index (χ1v) is 7.91. The molecule has 0 bridgehead atoms. The van der Waals surface area contributed by atoms with Gasteiger partial charge < -0.3 is 5.32 Å². The van der Waals surface area contributed by atoms with Crippen LogP contribution in [0.2, 0.25) is 0 Å². The van der Waals surface area contributed by atoms with Crippen molar-refractivity contribution in [2.45, 2.75) is 44.6 Å². The predicted molar refractivity (Wildman–Crippen MR) is 81.3 cm³/mol. The van der Waals surface area contributed by atoms with E-state index in [0.29, 0.717) is 6.04 Å². The Balaban J connectivity index is 1.60. The Kier molecular flexibility index (Phi) is 3.59. The van der Waals surface area contributed by atoms with Crippen LogP contribution in [0.5, 0.6) is 0 Å². The van der Waals surface area contributed by atoms with Gasteiger partial charge in [0.2, 0.25) is 0 Å². The molecule has 1 aromatic rings. The first-order valence-electron chi connectivity index (χ1n) is 6.83. The van der Waals surface area contributed by atoms with E-state index in [-0.39, 0.29) is 0 Å². The summed E-state index contributed by atoms with van der Waals surface area (Å²) >= 11 is 2.38. The molecule has 0 amide bonds. The first-order chi connectivity index (χ1) is 8.31. The van der Waals surface area contributed by atoms with Crippen LogP contribution in [-0.4, -0.2) is 6.04 Å². The number of anilines is 1. The van der Waals surface area contributed by atoms with Gasteiger partial charge in [-0.15, -0.1) is 0 Å². The summed E-state index contributed by atoms with van der Waals surface area (Å²) < 4.78 is 1.32. The lowest BCUT2D eigenvalue weighted by Crippen LogP contribution is -2.28. The zero-order valence-corrected chi connectivity index (χ0v) is 12.3. The van der Waals surface area contributed by atoms with E-state index in [1.165, 1.54) is 47.8 Å². The van der Waals surface area contributed by atoms with Gasteiger partial charge in [0, 0.05) is 15.3 Å². The molecule has 0 spiro atoms. The van der Waals surface area contributed by atoms with E-state index in [9.17, 15) is 0 Å². The summed E-state index contributed by atoms with van der Waals surface area (Å²) in [6, 6.07) is 9.46. The van der Waals surface area contributed by atoms with E-state index < -0.39 is 0 Å². The fourth-order valence-electron chi connectivity index (χ4n) is 3.17. The van der Waals surface area contributed by atoms with Gasteiger partial charge in [-0.2, -0.15) is 0 Å². The molecule has 2 fully saturated rings. The van der Waals surface area contributed by atoms with Crippen LogP contribution in [0.3, 0.4) is 0 Å². The van der Waals surface area contributed by atoms with E-state index in [0.717, 1.165) is 11.8 Å². The van der Waals surface area contributed by atoms with Crippen LogP contribution in [0.25, 0.3) is 0 Å². The predicted octanol–water partition coefficient (Wildman–Crippen LogP) is 4.67. The van der Waals surface area contributed by atoms with Gasteiger partial charge in [0.15, 0.2) is 0 Å². The minimum Gasteiger partial charge on any atom is -0.382 e. The van der Waals surface area contributed by atoms with Crippen LogP contribution in [0, 0.1) is 15.4 Å². The van der Waals surface area contributed by atoms with Crippen LogP contribution in [0.4, 0.5) is 5.69 Å². The zero-order chi connectivity index (χ0) is 11.7. The number of benzene rings is 1. The van der Waals surface area contributed by atoms with Crippen molar-refractivity contribution in [3.63, 3.8) is 0 Å². The summed E-state index contributed by atoms with van der Waals surface area (Å²) in [5, 5.41) is 3.73. The molecule has 0 saturated heterocycles. The fourth-order valence-corrected chi connectivity index (χ4v) is 3.71. The van der Waals surface area contributed by atoms with Crippen molar-refractivity contribution in [1.29, 1.82) is 0 Å². The molecule has 2 aliphatic rings. The molecule has 92 valence electrons. The summed E-state index contributed by atoms with van der Waals surface area (Å²) in [6.45, 7) is 0. The molecule has 0 aliphatic heterocycles. The third-order valence-electron chi connectivity index (χ3n) is 4.20. The molecule has 2 unspecified atom stereocenters. The van der Waals surface area contributed by atoms with Gasteiger partial charge in [0.1, 0.15) is 0 Å². The summed E-state index contributed by atoms with van der Waals surface area (Å²) in [6.07, 6.45) is 8.66. The van der Waals surface area contributed by atoms with E-state index >= 15 is 0 Å². The summed E-state index contributed by atoms with van der Waals surface area (Å²) in [5.74, 6) is 2.10. The standard InChI is InChI=1S/C15H20IN/c16-13-4-2-6-15(10-13)17-14-5-1-3-12(9-14)11-7-8-11/h2,4,6,10-12,14,17H,1,3,5,7-9H2. The molecule has 1 nitrogen and oxygen atoms in total. The molecule has 2 saturated carbocycles. The van der Waals surface area contributed by atoms with Crippen molar-refractivity contribution in [2.24, 2.45) is 11.8 Å². The quantitative estimate of drug-likeness (QED) is 0.788. The maximum atomic E-state index is 3.73. The van der Waals surface area contributed by atoms with Crippen LogP contribution < -0.4 is 5.32 Å². The number of nitrogens with one attached hydrogen (secondary N) is 1. The summed E-state index contributed by atoms with van der Waals surface area (Å²) in [5.41, 5.74) is 1.30. The second kappa shape index (κ2) is 5.17. The average molecular weight is 341 g/mol. The average Bonchev–Trinajstić information content (AvgIpc) is 3.13. The van der Waals surface area contributed by atoms with E-state index in [1.807, 2.05) is 0 Å². The number of hydrogen-bond donors (Lipinski definition) is 1. The topological polar surface area (TPSA) is 12.0 Å². The number of hydrogen-bond acceptors (Lipinski definition) is 1. The minimum atomic E-state index is 0.715. The smallest absolute Gasteiger partial charge is 0.0352 e. The van der Waals surface area contributed by atoms with Crippen LogP contribution >= 0.6 is 22.6 Å². The molecule has 0 radical (unpaired) electrons. The Morgan fingerprint density at radius 3 is 2.71 bits per heavy atom. The third kappa shape index (κ3) is 3.15. The second-order valence-corrected chi connectivity index (χ2v) is 6.86. The first kappa shape index (κ1) is 11.8. The van der Waals surface area contributed by atoms with Crippen molar-refractivity contribution < 1.29 is 0 Å². The number of halogens is 1. The normalized spacial score (nSPS) is 29.0. The van der Waals surface area contributed by atoms with Gasteiger partial charge in [-0.25, -0.2) is 0 Å². The minimum absolute atomic E-state index is 0.715. The monoisotopic (exact) mass is 341 g/mol. The molecule has 1 N–H and O–H groups in total. The Labute approximate surface area is 118 Å². The molecule has 2 atom stereocenters. The molecule has 2 aliphatic carbocycles. The zero-order valence-electron chi connectivity index (χ0n) is 10.2. The maximum Gasteiger partial charge on any atom is 0.0352 e. The third-order valence-corrected chi connectivity index (χ3v) is 4.87. The highest BCUT2D eigenvalue weighted by atomic mass is 127. The molecular weight excluding hydrogens is 321 g/mol. The lowest BCUT2D eigenvalue weighted by Gasteiger charge is -2.30. The maximum absolute atomic E-state index is 3.73. The highest BCUT2D eigenvalue weighted by molar-refractivity contribution is 14.1. The van der Waals surface area contributed by atoms with Crippen molar-refractivity contribution >= 4 is 28.3 Å². The molecule has 3 rings (SSSR count). The molecule has 1 aromatic carbocycles. The fraction of sp³-hybridized carbons (Fsp3) is 0.600. The Morgan fingerprint density at radius 1 is 1.06 bits per heavy atom.